The van der Waals surface area contributed by atoms with Crippen LogP contribution < -0.4 is 0 Å². The van der Waals surface area contributed by atoms with Gasteiger partial charge in [0, 0.05) is 28.0 Å². The number of aromatic nitrogens is 3. The Hall–Kier alpha value is -2.14. The molecule has 0 spiro atoms. The predicted octanol–water partition coefficient (Wildman–Crippen LogP) is 6.65. The molecular weight excluding hydrogens is 385 g/mol. The molecule has 0 amide bonds. The average Bonchev–Trinajstić information content (AvgIpc) is 3.03. The highest BCUT2D eigenvalue weighted by molar-refractivity contribution is 7.71. The molecule has 4 rings (SSSR count). The minimum atomic E-state index is 0.489. The zero-order valence-electron chi connectivity index (χ0n) is 14.2. The van der Waals surface area contributed by atoms with E-state index in [-0.39, 0.29) is 0 Å². The van der Waals surface area contributed by atoms with Crippen molar-refractivity contribution >= 4 is 41.1 Å². The average molecular weight is 400 g/mol. The Morgan fingerprint density at radius 3 is 2.38 bits per heavy atom. The van der Waals surface area contributed by atoms with Gasteiger partial charge < -0.3 is 4.98 Å². The molecule has 2 aromatic carbocycles. The maximum Gasteiger partial charge on any atom is 0.205 e. The molecule has 0 radical (unpaired) electrons. The minimum Gasteiger partial charge on any atom is -0.339 e. The Balaban J connectivity index is 1.96. The second-order valence-electron chi connectivity index (χ2n) is 6.30. The third kappa shape index (κ3) is 3.05. The van der Waals surface area contributed by atoms with Gasteiger partial charge in [-0.15, -0.1) is 0 Å². The first kappa shape index (κ1) is 17.3. The van der Waals surface area contributed by atoms with Gasteiger partial charge in [-0.25, -0.2) is 4.98 Å². The first-order valence-electron chi connectivity index (χ1n) is 8.07. The first-order chi connectivity index (χ1) is 12.4. The number of benzene rings is 2. The molecule has 0 fully saturated rings. The van der Waals surface area contributed by atoms with Gasteiger partial charge in [0.05, 0.1) is 5.69 Å². The number of H-pyrrole nitrogens is 1. The maximum absolute atomic E-state index is 6.17. The molecule has 0 unspecified atom stereocenters. The Morgan fingerprint density at radius 2 is 1.69 bits per heavy atom. The Kier molecular flexibility index (Phi) is 4.35. The molecule has 0 aliphatic rings. The number of imidazole rings is 1. The second kappa shape index (κ2) is 6.54. The van der Waals surface area contributed by atoms with Crippen molar-refractivity contribution in [2.24, 2.45) is 0 Å². The van der Waals surface area contributed by atoms with Crippen LogP contribution in [0.3, 0.4) is 0 Å². The summed E-state index contributed by atoms with van der Waals surface area (Å²) < 4.78 is 2.37. The van der Waals surface area contributed by atoms with Crippen LogP contribution in [0.25, 0.3) is 28.0 Å². The van der Waals surface area contributed by atoms with Crippen LogP contribution in [0.4, 0.5) is 0 Å². The van der Waals surface area contributed by atoms with E-state index >= 15 is 0 Å². The van der Waals surface area contributed by atoms with Crippen molar-refractivity contribution < 1.29 is 0 Å². The van der Waals surface area contributed by atoms with Gasteiger partial charge in [0.1, 0.15) is 5.65 Å². The molecule has 3 nitrogen and oxygen atoms in total. The van der Waals surface area contributed by atoms with Crippen LogP contribution in [-0.4, -0.2) is 14.4 Å². The number of fused-ring (bicyclic) bond motifs is 1. The van der Waals surface area contributed by atoms with Gasteiger partial charge in [-0.05, 0) is 72.6 Å². The molecule has 0 bridgehead atoms. The molecule has 0 saturated carbocycles. The molecule has 4 aromatic rings. The van der Waals surface area contributed by atoms with Crippen LogP contribution in [0.5, 0.6) is 0 Å². The lowest BCUT2D eigenvalue weighted by atomic mass is 10.0. The molecule has 2 heterocycles. The molecule has 1 N–H and O–H groups in total. The number of nitrogens with zero attached hydrogens (tertiary/aromatic N) is 2. The van der Waals surface area contributed by atoms with E-state index in [2.05, 4.69) is 42.0 Å². The summed E-state index contributed by atoms with van der Waals surface area (Å²) in [6, 6.07) is 11.8. The zero-order valence-corrected chi connectivity index (χ0v) is 16.5. The van der Waals surface area contributed by atoms with E-state index in [9.17, 15) is 0 Å². The molecule has 0 aliphatic carbocycles. The summed E-state index contributed by atoms with van der Waals surface area (Å²) >= 11 is 17.8. The Bertz CT molecular complexity index is 1190. The Labute approximate surface area is 166 Å². The molecule has 0 saturated heterocycles. The smallest absolute Gasteiger partial charge is 0.205 e. The van der Waals surface area contributed by atoms with Gasteiger partial charge >= 0.3 is 0 Å². The number of hydrogen-bond donors (Lipinski definition) is 1. The van der Waals surface area contributed by atoms with Crippen LogP contribution in [-0.2, 0) is 0 Å². The van der Waals surface area contributed by atoms with Gasteiger partial charge in [0.15, 0.2) is 0 Å². The topological polar surface area (TPSA) is 33.1 Å². The molecule has 6 heteroatoms. The highest BCUT2D eigenvalue weighted by Crippen LogP contribution is 2.31. The maximum atomic E-state index is 6.17. The van der Waals surface area contributed by atoms with Crippen molar-refractivity contribution in [3.63, 3.8) is 0 Å². The third-order valence-corrected chi connectivity index (χ3v) is 5.25. The molecule has 26 heavy (non-hydrogen) atoms. The summed E-state index contributed by atoms with van der Waals surface area (Å²) in [4.78, 5) is 7.83. The summed E-state index contributed by atoms with van der Waals surface area (Å²) in [5.74, 6) is 0. The fourth-order valence-corrected chi connectivity index (χ4v) is 3.70. The van der Waals surface area contributed by atoms with Crippen molar-refractivity contribution in [1.29, 1.82) is 0 Å². The van der Waals surface area contributed by atoms with E-state index in [1.54, 1.807) is 12.3 Å². The minimum absolute atomic E-state index is 0.489. The number of rotatable bonds is 2. The highest BCUT2D eigenvalue weighted by atomic mass is 35.5. The van der Waals surface area contributed by atoms with E-state index < -0.39 is 0 Å². The zero-order chi connectivity index (χ0) is 18.4. The first-order valence-corrected chi connectivity index (χ1v) is 9.23. The van der Waals surface area contributed by atoms with Crippen molar-refractivity contribution in [2.45, 2.75) is 13.8 Å². The number of aryl methyl sites for hydroxylation is 2. The summed E-state index contributed by atoms with van der Waals surface area (Å²) in [6.45, 7) is 4.21. The lowest BCUT2D eigenvalue weighted by molar-refractivity contribution is 1.06. The monoisotopic (exact) mass is 399 g/mol. The summed E-state index contributed by atoms with van der Waals surface area (Å²) in [5.41, 5.74) is 7.20. The number of aromatic amines is 1. The summed E-state index contributed by atoms with van der Waals surface area (Å²) in [5, 5.41) is 1.16. The standard InChI is InChI=1S/C20H15Cl2N3S/c1-11-3-4-13(5-12(11)2)18-10-25-19(24-18)17(9-23-20(25)26)14-6-15(21)8-16(22)7-14/h3-10,24H,1-2H3. The van der Waals surface area contributed by atoms with Gasteiger partial charge in [0.2, 0.25) is 4.77 Å². The number of hydrogen-bond acceptors (Lipinski definition) is 2. The van der Waals surface area contributed by atoms with E-state index in [0.29, 0.717) is 14.8 Å². The second-order valence-corrected chi connectivity index (χ2v) is 7.54. The predicted molar refractivity (Wildman–Crippen MR) is 111 cm³/mol. The van der Waals surface area contributed by atoms with Crippen LogP contribution >= 0.6 is 35.4 Å². The molecule has 2 aromatic heterocycles. The number of halogens is 2. The van der Waals surface area contributed by atoms with E-state index in [1.165, 1.54) is 11.1 Å². The van der Waals surface area contributed by atoms with Crippen LogP contribution in [0.15, 0.2) is 48.8 Å². The van der Waals surface area contributed by atoms with Gasteiger partial charge in [-0.3, -0.25) is 4.40 Å². The molecule has 0 aliphatic heterocycles. The van der Waals surface area contributed by atoms with Crippen molar-refractivity contribution in [3.8, 4) is 22.4 Å². The van der Waals surface area contributed by atoms with E-state index in [0.717, 1.165) is 28.0 Å². The van der Waals surface area contributed by atoms with Gasteiger partial charge in [-0.2, -0.15) is 0 Å². The largest absolute Gasteiger partial charge is 0.339 e. The van der Waals surface area contributed by atoms with Crippen molar-refractivity contribution in [2.75, 3.05) is 0 Å². The van der Waals surface area contributed by atoms with Gasteiger partial charge in [0.25, 0.3) is 0 Å². The highest BCUT2D eigenvalue weighted by Gasteiger charge is 2.12. The SMILES string of the molecule is Cc1ccc(-c2cn3c(=S)ncc(-c4cc(Cl)cc(Cl)c4)c3[nH]2)cc1C. The molecule has 130 valence electrons. The Morgan fingerprint density at radius 1 is 0.962 bits per heavy atom. The normalized spacial score (nSPS) is 11.2. The lowest BCUT2D eigenvalue weighted by Crippen LogP contribution is -1.92. The van der Waals surface area contributed by atoms with E-state index in [1.807, 2.05) is 22.7 Å². The molecular formula is C20H15Cl2N3S. The summed E-state index contributed by atoms with van der Waals surface area (Å²) in [7, 11) is 0. The van der Waals surface area contributed by atoms with Crippen molar-refractivity contribution in [1.82, 2.24) is 14.4 Å². The lowest BCUT2D eigenvalue weighted by Gasteiger charge is -2.05. The third-order valence-electron chi connectivity index (χ3n) is 4.51. The fourth-order valence-electron chi connectivity index (χ4n) is 2.98. The van der Waals surface area contributed by atoms with E-state index in [4.69, 9.17) is 35.4 Å². The number of nitrogens with one attached hydrogen (secondary N) is 1. The van der Waals surface area contributed by atoms with Crippen LogP contribution in [0, 0.1) is 18.6 Å². The van der Waals surface area contributed by atoms with Crippen LogP contribution in [0.1, 0.15) is 11.1 Å². The van der Waals surface area contributed by atoms with Crippen molar-refractivity contribution in [3.05, 3.63) is 74.7 Å². The quantitative estimate of drug-likeness (QED) is 0.382. The fraction of sp³-hybridized carbons (Fsp3) is 0.100. The molecule has 0 atom stereocenters. The summed E-state index contributed by atoms with van der Waals surface area (Å²) in [6.07, 6.45) is 3.73. The van der Waals surface area contributed by atoms with Crippen LogP contribution in [0.2, 0.25) is 10.0 Å². The van der Waals surface area contributed by atoms with Gasteiger partial charge in [-0.1, -0.05) is 35.3 Å².